The number of likely N-dealkylation sites (N-methyl/N-ethyl adjacent to an activating group) is 1. The molecule has 1 spiro atoms. The van der Waals surface area contributed by atoms with Gasteiger partial charge in [-0.05, 0) is 80.3 Å². The number of rotatable bonds is 6. The fourth-order valence-electron chi connectivity index (χ4n) is 7.99. The van der Waals surface area contributed by atoms with Crippen LogP contribution in [-0.2, 0) is 27.4 Å². The monoisotopic (exact) mass is 609 g/mol. The molecule has 10 heteroatoms. The van der Waals surface area contributed by atoms with Crippen LogP contribution < -0.4 is 10.1 Å². The molecule has 0 unspecified atom stereocenters. The van der Waals surface area contributed by atoms with E-state index in [2.05, 4.69) is 52.5 Å². The van der Waals surface area contributed by atoms with Crippen molar-refractivity contribution in [3.63, 3.8) is 0 Å². The van der Waals surface area contributed by atoms with Crippen LogP contribution in [0.4, 0.5) is 0 Å². The molecule has 0 radical (unpaired) electrons. The number of carbonyl (C=O) groups is 3. The Morgan fingerprint density at radius 3 is 2.82 bits per heavy atom. The lowest BCUT2D eigenvalue weighted by atomic mass is 9.91. The Labute approximate surface area is 262 Å². The molecule has 0 aliphatic carbocycles. The molecule has 45 heavy (non-hydrogen) atoms. The van der Waals surface area contributed by atoms with E-state index in [1.165, 1.54) is 5.56 Å². The van der Waals surface area contributed by atoms with E-state index in [1.807, 2.05) is 12.1 Å². The minimum absolute atomic E-state index is 0.00963. The molecule has 2 aromatic carbocycles. The van der Waals surface area contributed by atoms with Crippen molar-refractivity contribution in [2.24, 2.45) is 0 Å². The number of nitrogens with zero attached hydrogens (tertiary/aromatic N) is 4. The summed E-state index contributed by atoms with van der Waals surface area (Å²) in [4.78, 5) is 48.3. The Hall–Kier alpha value is -3.86. The third-order valence-electron chi connectivity index (χ3n) is 10.3. The summed E-state index contributed by atoms with van der Waals surface area (Å²) in [6, 6.07) is 16.0. The topological polar surface area (TPSA) is 104 Å². The third kappa shape index (κ3) is 5.49. The van der Waals surface area contributed by atoms with Crippen molar-refractivity contribution in [2.75, 3.05) is 39.8 Å². The van der Waals surface area contributed by atoms with Gasteiger partial charge in [0, 0.05) is 68.3 Å². The van der Waals surface area contributed by atoms with E-state index in [0.717, 1.165) is 86.5 Å². The minimum Gasteiger partial charge on any atom is -0.489 e. The van der Waals surface area contributed by atoms with E-state index in [0.29, 0.717) is 24.4 Å². The van der Waals surface area contributed by atoms with Crippen molar-refractivity contribution in [1.29, 1.82) is 0 Å². The Balaban J connectivity index is 0.871. The normalized spacial score (nSPS) is 28.9. The minimum atomic E-state index is -0.614. The molecular formula is C35H39N5O5. The summed E-state index contributed by atoms with van der Waals surface area (Å²) in [5, 5.41) is 3.52. The predicted molar refractivity (Wildman–Crippen MR) is 167 cm³/mol. The zero-order valence-corrected chi connectivity index (χ0v) is 25.7. The molecule has 5 aliphatic rings. The van der Waals surface area contributed by atoms with Crippen LogP contribution >= 0.6 is 0 Å². The van der Waals surface area contributed by atoms with Gasteiger partial charge in [-0.3, -0.25) is 29.6 Å². The van der Waals surface area contributed by atoms with E-state index in [1.54, 1.807) is 11.0 Å². The van der Waals surface area contributed by atoms with Crippen molar-refractivity contribution < 1.29 is 23.9 Å². The SMILES string of the molecule is CN1CC[C@]2(C[C@@H](c3ccc4cc(CN5CC[C@H](Oc6ccc7c(c6)CN([C@H]6CCC(=O)NC6=O)C7=O)C5)ccc4n3)CO2)C1. The average molecular weight is 610 g/mol. The number of amides is 3. The standard InChI is InChI=1S/C35H39N5O5/c1-38-13-11-35(21-38)16-25(20-44-35)30-7-3-23-14-22(2-6-29(23)36-30)17-39-12-10-27(19-39)45-26-4-5-28-24(15-26)18-40(34(28)43)31-8-9-32(41)37-33(31)42/h2-7,14-15,25,27,31H,8-13,16-21H2,1H3,(H,37,41,42)/t25-,27+,31+,35+/m1/s1. The van der Waals surface area contributed by atoms with Crippen LogP contribution in [0.5, 0.6) is 5.75 Å². The molecule has 1 N–H and O–H groups in total. The van der Waals surface area contributed by atoms with Gasteiger partial charge in [0.2, 0.25) is 11.8 Å². The highest BCUT2D eigenvalue weighted by molar-refractivity contribution is 6.05. The first-order valence-electron chi connectivity index (χ1n) is 16.2. The van der Waals surface area contributed by atoms with E-state index < -0.39 is 11.9 Å². The van der Waals surface area contributed by atoms with Crippen molar-refractivity contribution >= 4 is 28.6 Å². The maximum Gasteiger partial charge on any atom is 0.255 e. The zero-order chi connectivity index (χ0) is 30.7. The van der Waals surface area contributed by atoms with Gasteiger partial charge in [-0.15, -0.1) is 0 Å². The molecule has 4 saturated heterocycles. The maximum absolute atomic E-state index is 13.0. The van der Waals surface area contributed by atoms with E-state index >= 15 is 0 Å². The quantitative estimate of drug-likeness (QED) is 0.425. The first-order chi connectivity index (χ1) is 21.8. The number of aromatic nitrogens is 1. The van der Waals surface area contributed by atoms with Crippen LogP contribution in [0.3, 0.4) is 0 Å². The lowest BCUT2D eigenvalue weighted by Gasteiger charge is -2.29. The van der Waals surface area contributed by atoms with Crippen LogP contribution in [0.1, 0.15) is 65.2 Å². The van der Waals surface area contributed by atoms with Gasteiger partial charge in [0.15, 0.2) is 0 Å². The van der Waals surface area contributed by atoms with Crippen LogP contribution in [0.2, 0.25) is 0 Å². The highest BCUT2D eigenvalue weighted by Gasteiger charge is 2.45. The fourth-order valence-corrected chi connectivity index (χ4v) is 7.99. The van der Waals surface area contributed by atoms with Crippen LogP contribution in [0.15, 0.2) is 48.5 Å². The Morgan fingerprint density at radius 2 is 1.98 bits per heavy atom. The third-order valence-corrected chi connectivity index (χ3v) is 10.3. The number of likely N-dealkylation sites (tertiary alicyclic amines) is 2. The number of benzene rings is 2. The molecule has 3 aromatic rings. The Kier molecular flexibility index (Phi) is 7.11. The van der Waals surface area contributed by atoms with Gasteiger partial charge in [0.1, 0.15) is 17.9 Å². The summed E-state index contributed by atoms with van der Waals surface area (Å²) >= 11 is 0. The second kappa shape index (κ2) is 11.2. The van der Waals surface area contributed by atoms with Gasteiger partial charge in [-0.25, -0.2) is 0 Å². The molecular weight excluding hydrogens is 570 g/mol. The summed E-state index contributed by atoms with van der Waals surface area (Å²) in [5.41, 5.74) is 4.90. The fraction of sp³-hybridized carbons (Fsp3) is 0.486. The predicted octanol–water partition coefficient (Wildman–Crippen LogP) is 3.23. The first-order valence-corrected chi connectivity index (χ1v) is 16.2. The number of nitrogens with one attached hydrogen (secondary N) is 1. The molecule has 4 atom stereocenters. The number of pyridine rings is 1. The summed E-state index contributed by atoms with van der Waals surface area (Å²) in [7, 11) is 2.17. The van der Waals surface area contributed by atoms with Crippen molar-refractivity contribution in [1.82, 2.24) is 25.0 Å². The number of hydrogen-bond acceptors (Lipinski definition) is 8. The molecule has 5 aliphatic heterocycles. The molecule has 234 valence electrons. The van der Waals surface area contributed by atoms with Crippen molar-refractivity contribution in [3.05, 3.63) is 70.9 Å². The zero-order valence-electron chi connectivity index (χ0n) is 25.7. The summed E-state index contributed by atoms with van der Waals surface area (Å²) in [5.74, 6) is 0.251. The number of hydrogen-bond donors (Lipinski definition) is 1. The molecule has 6 heterocycles. The van der Waals surface area contributed by atoms with Crippen LogP contribution in [-0.4, -0.2) is 95.0 Å². The van der Waals surface area contributed by atoms with Gasteiger partial charge in [0.05, 0.1) is 17.7 Å². The number of imide groups is 1. The van der Waals surface area contributed by atoms with Gasteiger partial charge in [-0.2, -0.15) is 0 Å². The second-order valence-electron chi connectivity index (χ2n) is 13.6. The lowest BCUT2D eigenvalue weighted by Crippen LogP contribution is -2.52. The van der Waals surface area contributed by atoms with E-state index in [4.69, 9.17) is 14.5 Å². The highest BCUT2D eigenvalue weighted by Crippen LogP contribution is 2.41. The van der Waals surface area contributed by atoms with E-state index in [-0.39, 0.29) is 29.9 Å². The van der Waals surface area contributed by atoms with Gasteiger partial charge in [0.25, 0.3) is 5.91 Å². The Bertz CT molecular complexity index is 1690. The van der Waals surface area contributed by atoms with E-state index in [9.17, 15) is 14.4 Å². The lowest BCUT2D eigenvalue weighted by molar-refractivity contribution is -0.136. The molecule has 3 amide bonds. The number of ether oxygens (including phenoxy) is 2. The molecule has 4 fully saturated rings. The molecule has 0 bridgehead atoms. The highest BCUT2D eigenvalue weighted by atomic mass is 16.5. The first kappa shape index (κ1) is 28.6. The summed E-state index contributed by atoms with van der Waals surface area (Å²) in [6.07, 6.45) is 3.75. The second-order valence-corrected chi connectivity index (χ2v) is 13.6. The van der Waals surface area contributed by atoms with Crippen molar-refractivity contribution in [2.45, 2.75) is 68.9 Å². The summed E-state index contributed by atoms with van der Waals surface area (Å²) in [6.45, 7) is 5.85. The van der Waals surface area contributed by atoms with Crippen LogP contribution in [0, 0.1) is 0 Å². The molecule has 10 nitrogen and oxygen atoms in total. The molecule has 8 rings (SSSR count). The summed E-state index contributed by atoms with van der Waals surface area (Å²) < 4.78 is 12.7. The largest absolute Gasteiger partial charge is 0.489 e. The Morgan fingerprint density at radius 1 is 1.07 bits per heavy atom. The van der Waals surface area contributed by atoms with Gasteiger partial charge >= 0.3 is 0 Å². The van der Waals surface area contributed by atoms with Crippen molar-refractivity contribution in [3.8, 4) is 5.75 Å². The number of fused-ring (bicyclic) bond motifs is 2. The number of piperidine rings is 1. The average Bonchev–Trinajstić information content (AvgIpc) is 3.81. The smallest absolute Gasteiger partial charge is 0.255 e. The maximum atomic E-state index is 13.0. The number of carbonyl (C=O) groups excluding carboxylic acids is 3. The van der Waals surface area contributed by atoms with Crippen LogP contribution in [0.25, 0.3) is 10.9 Å². The molecule has 1 aromatic heterocycles. The van der Waals surface area contributed by atoms with Gasteiger partial charge in [-0.1, -0.05) is 12.1 Å². The molecule has 0 saturated carbocycles. The van der Waals surface area contributed by atoms with Gasteiger partial charge < -0.3 is 19.3 Å².